The molecule has 0 saturated heterocycles. The molecule has 1 aromatic carbocycles. The summed E-state index contributed by atoms with van der Waals surface area (Å²) in [5, 5.41) is 1.12. The van der Waals surface area contributed by atoms with Gasteiger partial charge >= 0.3 is 0 Å². The fraction of sp³-hybridized carbons (Fsp3) is 0.429. The van der Waals surface area contributed by atoms with Crippen LogP contribution in [0.2, 0.25) is 0 Å². The second kappa shape index (κ2) is 4.80. The molecule has 92 valence electrons. The smallest absolute Gasteiger partial charge is 0.134 e. The minimum atomic E-state index is 0.395. The molecule has 2 rings (SSSR count). The van der Waals surface area contributed by atoms with Crippen molar-refractivity contribution >= 4 is 11.0 Å². The summed E-state index contributed by atoms with van der Waals surface area (Å²) in [6.07, 6.45) is 0. The molecule has 0 atom stereocenters. The van der Waals surface area contributed by atoms with Crippen LogP contribution in [0, 0.1) is 0 Å². The van der Waals surface area contributed by atoms with E-state index in [-0.39, 0.29) is 0 Å². The standard InChI is InChI=1S/C14H19NO2/c1-4-16-10-5-6-12-11(7-10)14(9(2)3)13(8-15)17-12/h5-7,9H,4,8,15H2,1-3H3. The third-order valence-corrected chi connectivity index (χ3v) is 2.85. The highest BCUT2D eigenvalue weighted by Gasteiger charge is 2.16. The average molecular weight is 233 g/mol. The van der Waals surface area contributed by atoms with E-state index in [1.54, 1.807) is 0 Å². The van der Waals surface area contributed by atoms with E-state index in [2.05, 4.69) is 13.8 Å². The van der Waals surface area contributed by atoms with Gasteiger partial charge in [-0.3, -0.25) is 0 Å². The summed E-state index contributed by atoms with van der Waals surface area (Å²) in [7, 11) is 0. The van der Waals surface area contributed by atoms with Crippen LogP contribution in [0.25, 0.3) is 11.0 Å². The average Bonchev–Trinajstić information content (AvgIpc) is 2.67. The van der Waals surface area contributed by atoms with Crippen molar-refractivity contribution in [2.45, 2.75) is 33.2 Å². The van der Waals surface area contributed by atoms with Crippen molar-refractivity contribution in [1.82, 2.24) is 0 Å². The predicted molar refractivity (Wildman–Crippen MR) is 69.4 cm³/mol. The van der Waals surface area contributed by atoms with E-state index < -0.39 is 0 Å². The number of fused-ring (bicyclic) bond motifs is 1. The summed E-state index contributed by atoms with van der Waals surface area (Å²) >= 11 is 0. The zero-order valence-corrected chi connectivity index (χ0v) is 10.6. The van der Waals surface area contributed by atoms with Crippen LogP contribution >= 0.6 is 0 Å². The third-order valence-electron chi connectivity index (χ3n) is 2.85. The Morgan fingerprint density at radius 1 is 1.35 bits per heavy atom. The number of rotatable bonds is 4. The van der Waals surface area contributed by atoms with Gasteiger partial charge < -0.3 is 14.9 Å². The molecular formula is C14H19NO2. The Bertz CT molecular complexity index is 514. The van der Waals surface area contributed by atoms with Crippen molar-refractivity contribution in [3.8, 4) is 5.75 Å². The fourth-order valence-electron chi connectivity index (χ4n) is 2.19. The van der Waals surface area contributed by atoms with Gasteiger partial charge in [0.25, 0.3) is 0 Å². The highest BCUT2D eigenvalue weighted by Crippen LogP contribution is 2.33. The van der Waals surface area contributed by atoms with Gasteiger partial charge in [0, 0.05) is 10.9 Å². The Balaban J connectivity index is 2.60. The van der Waals surface area contributed by atoms with E-state index in [4.69, 9.17) is 14.9 Å². The Labute approximate surface area is 102 Å². The van der Waals surface area contributed by atoms with Crippen molar-refractivity contribution in [2.75, 3.05) is 6.61 Å². The monoisotopic (exact) mass is 233 g/mol. The molecule has 0 spiro atoms. The first-order valence-electron chi connectivity index (χ1n) is 6.05. The zero-order chi connectivity index (χ0) is 12.4. The van der Waals surface area contributed by atoms with Crippen LogP contribution in [0.5, 0.6) is 5.75 Å². The topological polar surface area (TPSA) is 48.4 Å². The van der Waals surface area contributed by atoms with E-state index >= 15 is 0 Å². The summed E-state index contributed by atoms with van der Waals surface area (Å²) in [5.41, 5.74) is 7.81. The normalized spacial score (nSPS) is 11.4. The molecule has 0 aliphatic rings. The first-order valence-corrected chi connectivity index (χ1v) is 6.05. The number of furan rings is 1. The second-order valence-electron chi connectivity index (χ2n) is 4.39. The molecule has 0 radical (unpaired) electrons. The summed E-state index contributed by atoms with van der Waals surface area (Å²) in [5.74, 6) is 2.15. The molecule has 0 bridgehead atoms. The summed E-state index contributed by atoms with van der Waals surface area (Å²) in [6.45, 7) is 7.39. The van der Waals surface area contributed by atoms with Crippen LogP contribution in [0.4, 0.5) is 0 Å². The van der Waals surface area contributed by atoms with Gasteiger partial charge in [0.2, 0.25) is 0 Å². The van der Waals surface area contributed by atoms with E-state index in [0.29, 0.717) is 19.1 Å². The molecule has 2 aromatic rings. The Morgan fingerprint density at radius 3 is 2.71 bits per heavy atom. The number of hydrogen-bond acceptors (Lipinski definition) is 3. The SMILES string of the molecule is CCOc1ccc2oc(CN)c(C(C)C)c2c1. The molecule has 17 heavy (non-hydrogen) atoms. The molecule has 0 aliphatic carbocycles. The molecule has 1 heterocycles. The minimum absolute atomic E-state index is 0.395. The van der Waals surface area contributed by atoms with E-state index in [1.807, 2.05) is 25.1 Å². The van der Waals surface area contributed by atoms with Crippen LogP contribution in [0.1, 0.15) is 38.0 Å². The molecule has 2 N–H and O–H groups in total. The molecule has 3 nitrogen and oxygen atoms in total. The summed E-state index contributed by atoms with van der Waals surface area (Å²) in [6, 6.07) is 5.92. The number of benzene rings is 1. The summed E-state index contributed by atoms with van der Waals surface area (Å²) < 4.78 is 11.3. The molecule has 0 fully saturated rings. The molecular weight excluding hydrogens is 214 g/mol. The fourth-order valence-corrected chi connectivity index (χ4v) is 2.19. The minimum Gasteiger partial charge on any atom is -0.494 e. The van der Waals surface area contributed by atoms with Crippen molar-refractivity contribution in [1.29, 1.82) is 0 Å². The van der Waals surface area contributed by atoms with Crippen molar-refractivity contribution < 1.29 is 9.15 Å². The Kier molecular flexibility index (Phi) is 3.38. The maximum atomic E-state index is 5.76. The lowest BCUT2D eigenvalue weighted by Gasteiger charge is -2.06. The molecule has 0 saturated carbocycles. The van der Waals surface area contributed by atoms with Gasteiger partial charge in [-0.15, -0.1) is 0 Å². The van der Waals surface area contributed by atoms with Gasteiger partial charge in [-0.05, 0) is 31.0 Å². The first-order chi connectivity index (χ1) is 8.17. The van der Waals surface area contributed by atoms with Crippen molar-refractivity contribution in [3.63, 3.8) is 0 Å². The Hall–Kier alpha value is -1.48. The van der Waals surface area contributed by atoms with Gasteiger partial charge in [-0.2, -0.15) is 0 Å². The van der Waals surface area contributed by atoms with Gasteiger partial charge in [0.15, 0.2) is 0 Å². The largest absolute Gasteiger partial charge is 0.494 e. The van der Waals surface area contributed by atoms with Crippen molar-refractivity contribution in [2.24, 2.45) is 5.73 Å². The number of ether oxygens (including phenoxy) is 1. The molecule has 0 aliphatic heterocycles. The predicted octanol–water partition coefficient (Wildman–Crippen LogP) is 3.41. The van der Waals surface area contributed by atoms with E-state index in [9.17, 15) is 0 Å². The molecule has 0 amide bonds. The lowest BCUT2D eigenvalue weighted by molar-refractivity contribution is 0.340. The molecule has 3 heteroatoms. The van der Waals surface area contributed by atoms with Gasteiger partial charge in [0.05, 0.1) is 13.2 Å². The maximum absolute atomic E-state index is 5.76. The zero-order valence-electron chi connectivity index (χ0n) is 10.6. The highest BCUT2D eigenvalue weighted by molar-refractivity contribution is 5.84. The van der Waals surface area contributed by atoms with E-state index in [0.717, 1.165) is 22.5 Å². The number of hydrogen-bond donors (Lipinski definition) is 1. The number of nitrogens with two attached hydrogens (primary N) is 1. The van der Waals surface area contributed by atoms with Crippen LogP contribution in [-0.2, 0) is 6.54 Å². The maximum Gasteiger partial charge on any atom is 0.134 e. The van der Waals surface area contributed by atoms with E-state index in [1.165, 1.54) is 5.56 Å². The highest BCUT2D eigenvalue weighted by atomic mass is 16.5. The lowest BCUT2D eigenvalue weighted by Crippen LogP contribution is -1.99. The first kappa shape index (κ1) is 12.0. The third kappa shape index (κ3) is 2.15. The van der Waals surface area contributed by atoms with Crippen LogP contribution in [0.3, 0.4) is 0 Å². The second-order valence-corrected chi connectivity index (χ2v) is 4.39. The lowest BCUT2D eigenvalue weighted by atomic mass is 9.99. The summed E-state index contributed by atoms with van der Waals surface area (Å²) in [4.78, 5) is 0. The van der Waals surface area contributed by atoms with Crippen LogP contribution < -0.4 is 10.5 Å². The van der Waals surface area contributed by atoms with Gasteiger partial charge in [0.1, 0.15) is 17.1 Å². The van der Waals surface area contributed by atoms with Gasteiger partial charge in [-0.25, -0.2) is 0 Å². The molecule has 1 aromatic heterocycles. The van der Waals surface area contributed by atoms with Crippen LogP contribution in [-0.4, -0.2) is 6.61 Å². The quantitative estimate of drug-likeness (QED) is 0.880. The van der Waals surface area contributed by atoms with Crippen LogP contribution in [0.15, 0.2) is 22.6 Å². The molecule has 0 unspecified atom stereocenters. The van der Waals surface area contributed by atoms with Crippen molar-refractivity contribution in [3.05, 3.63) is 29.5 Å². The Morgan fingerprint density at radius 2 is 2.12 bits per heavy atom. The van der Waals surface area contributed by atoms with Gasteiger partial charge in [-0.1, -0.05) is 13.8 Å².